The molecule has 0 bridgehead atoms. The summed E-state index contributed by atoms with van der Waals surface area (Å²) in [5.41, 5.74) is 1.45. The molecule has 1 fully saturated rings. The van der Waals surface area contributed by atoms with Gasteiger partial charge in [-0.1, -0.05) is 56.5 Å². The fourth-order valence-corrected chi connectivity index (χ4v) is 3.49. The standard InChI is InChI=1S/C21H36N2O/c1-2-3-5-12-21(24)13-15-23-18-16-22(17-19-23)14-8-11-20-9-6-4-7-10-20/h4,6-7,9-10,21,24H,2-3,5,8,11-19H2,1H3. The second-order valence-corrected chi connectivity index (χ2v) is 7.21. The van der Waals surface area contributed by atoms with E-state index in [4.69, 9.17) is 0 Å². The third-order valence-electron chi connectivity index (χ3n) is 5.17. The van der Waals surface area contributed by atoms with Crippen molar-refractivity contribution < 1.29 is 5.11 Å². The maximum atomic E-state index is 10.0. The van der Waals surface area contributed by atoms with Gasteiger partial charge in [-0.25, -0.2) is 0 Å². The number of piperazine rings is 1. The molecule has 1 aliphatic rings. The van der Waals surface area contributed by atoms with E-state index in [0.29, 0.717) is 0 Å². The number of hydrogen-bond donors (Lipinski definition) is 1. The van der Waals surface area contributed by atoms with Crippen molar-refractivity contribution in [2.45, 2.75) is 58.0 Å². The van der Waals surface area contributed by atoms with E-state index in [1.165, 1.54) is 57.3 Å². The minimum absolute atomic E-state index is 0.0968. The van der Waals surface area contributed by atoms with Crippen molar-refractivity contribution in [2.24, 2.45) is 0 Å². The summed E-state index contributed by atoms with van der Waals surface area (Å²) >= 11 is 0. The van der Waals surface area contributed by atoms with Crippen LogP contribution < -0.4 is 0 Å². The highest BCUT2D eigenvalue weighted by atomic mass is 16.3. The molecule has 1 heterocycles. The summed E-state index contributed by atoms with van der Waals surface area (Å²) in [6.07, 6.45) is 7.92. The Bertz CT molecular complexity index is 415. The fraction of sp³-hybridized carbons (Fsp3) is 0.714. The largest absolute Gasteiger partial charge is 0.393 e. The monoisotopic (exact) mass is 332 g/mol. The first-order valence-corrected chi connectivity index (χ1v) is 9.94. The average Bonchev–Trinajstić information content (AvgIpc) is 2.62. The normalized spacial score (nSPS) is 17.9. The Kier molecular flexibility index (Phi) is 9.40. The molecular formula is C21H36N2O. The lowest BCUT2D eigenvalue weighted by Crippen LogP contribution is -2.47. The molecule has 1 saturated heterocycles. The molecule has 1 aromatic carbocycles. The molecule has 0 aliphatic carbocycles. The van der Waals surface area contributed by atoms with Gasteiger partial charge < -0.3 is 14.9 Å². The molecule has 0 amide bonds. The van der Waals surface area contributed by atoms with Crippen LogP contribution in [0.2, 0.25) is 0 Å². The summed E-state index contributed by atoms with van der Waals surface area (Å²) in [7, 11) is 0. The summed E-state index contributed by atoms with van der Waals surface area (Å²) in [6, 6.07) is 10.8. The predicted molar refractivity (Wildman–Crippen MR) is 102 cm³/mol. The third-order valence-corrected chi connectivity index (χ3v) is 5.17. The van der Waals surface area contributed by atoms with Crippen molar-refractivity contribution in [2.75, 3.05) is 39.3 Å². The Hall–Kier alpha value is -0.900. The van der Waals surface area contributed by atoms with Gasteiger partial charge in [0.1, 0.15) is 0 Å². The molecule has 24 heavy (non-hydrogen) atoms. The minimum Gasteiger partial charge on any atom is -0.393 e. The van der Waals surface area contributed by atoms with Crippen LogP contribution in [0.4, 0.5) is 0 Å². The highest BCUT2D eigenvalue weighted by molar-refractivity contribution is 5.14. The van der Waals surface area contributed by atoms with Crippen molar-refractivity contribution in [3.8, 4) is 0 Å². The Labute approximate surface area is 148 Å². The lowest BCUT2D eigenvalue weighted by molar-refractivity contribution is 0.0972. The maximum Gasteiger partial charge on any atom is 0.0552 e. The first kappa shape index (κ1) is 19.4. The van der Waals surface area contributed by atoms with Crippen molar-refractivity contribution in [1.29, 1.82) is 0 Å². The molecule has 2 rings (SSSR count). The van der Waals surface area contributed by atoms with E-state index < -0.39 is 0 Å². The summed E-state index contributed by atoms with van der Waals surface area (Å²) in [4.78, 5) is 5.12. The number of aliphatic hydroxyl groups excluding tert-OH is 1. The van der Waals surface area contributed by atoms with Crippen molar-refractivity contribution in [1.82, 2.24) is 9.80 Å². The Morgan fingerprint density at radius 2 is 1.54 bits per heavy atom. The number of unbranched alkanes of at least 4 members (excludes halogenated alkanes) is 2. The van der Waals surface area contributed by atoms with Crippen LogP contribution in [0.3, 0.4) is 0 Å². The predicted octanol–water partition coefficient (Wildman–Crippen LogP) is 3.57. The van der Waals surface area contributed by atoms with Crippen LogP contribution in [-0.2, 0) is 6.42 Å². The fourth-order valence-electron chi connectivity index (χ4n) is 3.49. The molecule has 136 valence electrons. The van der Waals surface area contributed by atoms with Crippen molar-refractivity contribution >= 4 is 0 Å². The lowest BCUT2D eigenvalue weighted by Gasteiger charge is -2.35. The van der Waals surface area contributed by atoms with Gasteiger partial charge in [0.05, 0.1) is 6.10 Å². The third kappa shape index (κ3) is 7.78. The number of nitrogens with zero attached hydrogens (tertiary/aromatic N) is 2. The zero-order chi connectivity index (χ0) is 17.0. The van der Waals surface area contributed by atoms with Gasteiger partial charge in [-0.05, 0) is 37.8 Å². The number of aryl methyl sites for hydroxylation is 1. The second kappa shape index (κ2) is 11.6. The van der Waals surface area contributed by atoms with Crippen LogP contribution in [0.5, 0.6) is 0 Å². The SMILES string of the molecule is CCCCCC(O)CCN1CCN(CCCc2ccccc2)CC1. The van der Waals surface area contributed by atoms with Gasteiger partial charge in [0.2, 0.25) is 0 Å². The summed E-state index contributed by atoms with van der Waals surface area (Å²) in [5, 5.41) is 10.0. The van der Waals surface area contributed by atoms with E-state index in [0.717, 1.165) is 32.5 Å². The van der Waals surface area contributed by atoms with Crippen LogP contribution in [0.1, 0.15) is 51.0 Å². The number of rotatable bonds is 11. The summed E-state index contributed by atoms with van der Waals surface area (Å²) < 4.78 is 0. The molecule has 0 spiro atoms. The molecule has 1 aromatic rings. The molecule has 0 saturated carbocycles. The van der Waals surface area contributed by atoms with Crippen LogP contribution in [0.15, 0.2) is 30.3 Å². The van der Waals surface area contributed by atoms with Gasteiger partial charge in [0.25, 0.3) is 0 Å². The van der Waals surface area contributed by atoms with Gasteiger partial charge >= 0.3 is 0 Å². The lowest BCUT2D eigenvalue weighted by atomic mass is 10.1. The van der Waals surface area contributed by atoms with Crippen LogP contribution >= 0.6 is 0 Å². The topological polar surface area (TPSA) is 26.7 Å². The molecule has 0 aromatic heterocycles. The van der Waals surface area contributed by atoms with E-state index in [2.05, 4.69) is 47.1 Å². The second-order valence-electron chi connectivity index (χ2n) is 7.21. The first-order valence-electron chi connectivity index (χ1n) is 9.94. The Morgan fingerprint density at radius 3 is 2.21 bits per heavy atom. The van der Waals surface area contributed by atoms with Gasteiger partial charge in [0, 0.05) is 32.7 Å². The van der Waals surface area contributed by atoms with E-state index >= 15 is 0 Å². The zero-order valence-corrected chi connectivity index (χ0v) is 15.5. The Morgan fingerprint density at radius 1 is 0.875 bits per heavy atom. The van der Waals surface area contributed by atoms with E-state index in [1.807, 2.05) is 0 Å². The van der Waals surface area contributed by atoms with Gasteiger partial charge in [0.15, 0.2) is 0 Å². The molecule has 1 unspecified atom stereocenters. The van der Waals surface area contributed by atoms with Gasteiger partial charge in [-0.3, -0.25) is 0 Å². The molecule has 3 heteroatoms. The molecular weight excluding hydrogens is 296 g/mol. The van der Waals surface area contributed by atoms with Crippen LogP contribution in [-0.4, -0.2) is 60.3 Å². The first-order chi connectivity index (χ1) is 11.8. The summed E-state index contributed by atoms with van der Waals surface area (Å²) in [6.45, 7) is 9.17. The molecule has 0 radical (unpaired) electrons. The van der Waals surface area contributed by atoms with Gasteiger partial charge in [-0.15, -0.1) is 0 Å². The van der Waals surface area contributed by atoms with Crippen molar-refractivity contribution in [3.05, 3.63) is 35.9 Å². The molecule has 1 atom stereocenters. The van der Waals surface area contributed by atoms with E-state index in [9.17, 15) is 5.11 Å². The smallest absolute Gasteiger partial charge is 0.0552 e. The number of benzene rings is 1. The molecule has 1 aliphatic heterocycles. The quantitative estimate of drug-likeness (QED) is 0.628. The van der Waals surface area contributed by atoms with E-state index in [-0.39, 0.29) is 6.10 Å². The number of hydrogen-bond acceptors (Lipinski definition) is 3. The van der Waals surface area contributed by atoms with Crippen molar-refractivity contribution in [3.63, 3.8) is 0 Å². The Balaban J connectivity index is 1.51. The number of aliphatic hydroxyl groups is 1. The molecule has 1 N–H and O–H groups in total. The summed E-state index contributed by atoms with van der Waals surface area (Å²) in [5.74, 6) is 0. The van der Waals surface area contributed by atoms with Crippen LogP contribution in [0, 0.1) is 0 Å². The van der Waals surface area contributed by atoms with Gasteiger partial charge in [-0.2, -0.15) is 0 Å². The molecule has 3 nitrogen and oxygen atoms in total. The maximum absolute atomic E-state index is 10.0. The average molecular weight is 333 g/mol. The highest BCUT2D eigenvalue weighted by Crippen LogP contribution is 2.10. The van der Waals surface area contributed by atoms with E-state index in [1.54, 1.807) is 0 Å². The van der Waals surface area contributed by atoms with Crippen LogP contribution in [0.25, 0.3) is 0 Å². The zero-order valence-electron chi connectivity index (χ0n) is 15.5. The minimum atomic E-state index is -0.0968. The highest BCUT2D eigenvalue weighted by Gasteiger charge is 2.17.